The molecule has 0 aromatic rings. The molecular formula is C12H24N2O2. The van der Waals surface area contributed by atoms with Gasteiger partial charge in [0, 0.05) is 6.54 Å². The molecule has 0 spiro atoms. The van der Waals surface area contributed by atoms with Crippen LogP contribution < -0.4 is 5.73 Å². The standard InChI is InChI=1S/C12H24N2O2/c1-4-10(11(15)16-5-2)14-7-6-12(3,8-13)9-14/h10H,4-9,13H2,1-3H3. The molecule has 16 heavy (non-hydrogen) atoms. The molecule has 1 aliphatic rings. The molecule has 0 amide bonds. The molecule has 1 fully saturated rings. The van der Waals surface area contributed by atoms with Gasteiger partial charge in [-0.2, -0.15) is 0 Å². The van der Waals surface area contributed by atoms with Gasteiger partial charge in [0.15, 0.2) is 0 Å². The fourth-order valence-corrected chi connectivity index (χ4v) is 2.31. The van der Waals surface area contributed by atoms with Crippen molar-refractivity contribution < 1.29 is 9.53 Å². The molecule has 4 nitrogen and oxygen atoms in total. The predicted octanol–water partition coefficient (Wildman–Crippen LogP) is 0.999. The summed E-state index contributed by atoms with van der Waals surface area (Å²) in [5.74, 6) is -0.0914. The molecule has 2 atom stereocenters. The summed E-state index contributed by atoms with van der Waals surface area (Å²) >= 11 is 0. The van der Waals surface area contributed by atoms with Crippen LogP contribution >= 0.6 is 0 Å². The van der Waals surface area contributed by atoms with E-state index >= 15 is 0 Å². The monoisotopic (exact) mass is 228 g/mol. The first-order chi connectivity index (χ1) is 7.56. The third-order valence-electron chi connectivity index (χ3n) is 3.47. The molecule has 1 heterocycles. The van der Waals surface area contributed by atoms with Crippen LogP contribution in [0.15, 0.2) is 0 Å². The summed E-state index contributed by atoms with van der Waals surface area (Å²) in [5.41, 5.74) is 5.93. The molecule has 1 rings (SSSR count). The van der Waals surface area contributed by atoms with Gasteiger partial charge in [0.2, 0.25) is 0 Å². The first-order valence-corrected chi connectivity index (χ1v) is 6.17. The minimum Gasteiger partial charge on any atom is -0.465 e. The lowest BCUT2D eigenvalue weighted by Gasteiger charge is -2.27. The van der Waals surface area contributed by atoms with Gasteiger partial charge in [-0.05, 0) is 38.3 Å². The van der Waals surface area contributed by atoms with Crippen molar-refractivity contribution in [1.29, 1.82) is 0 Å². The topological polar surface area (TPSA) is 55.6 Å². The van der Waals surface area contributed by atoms with Crippen molar-refractivity contribution in [1.82, 2.24) is 4.90 Å². The van der Waals surface area contributed by atoms with E-state index in [1.54, 1.807) is 0 Å². The first-order valence-electron chi connectivity index (χ1n) is 6.17. The van der Waals surface area contributed by atoms with Crippen LogP contribution in [0.1, 0.15) is 33.6 Å². The summed E-state index contributed by atoms with van der Waals surface area (Å²) in [7, 11) is 0. The van der Waals surface area contributed by atoms with Gasteiger partial charge < -0.3 is 10.5 Å². The molecule has 1 saturated heterocycles. The van der Waals surface area contributed by atoms with E-state index in [4.69, 9.17) is 10.5 Å². The molecular weight excluding hydrogens is 204 g/mol. The Morgan fingerprint density at radius 2 is 2.25 bits per heavy atom. The Bertz CT molecular complexity index is 245. The number of nitrogens with zero attached hydrogens (tertiary/aromatic N) is 1. The lowest BCUT2D eigenvalue weighted by atomic mass is 9.90. The Labute approximate surface area is 98.1 Å². The van der Waals surface area contributed by atoms with E-state index in [1.807, 2.05) is 13.8 Å². The largest absolute Gasteiger partial charge is 0.465 e. The van der Waals surface area contributed by atoms with Gasteiger partial charge in [-0.1, -0.05) is 13.8 Å². The number of nitrogens with two attached hydrogens (primary N) is 1. The SMILES string of the molecule is CCOC(=O)C(CC)N1CCC(C)(CN)C1. The first kappa shape index (κ1) is 13.5. The van der Waals surface area contributed by atoms with Gasteiger partial charge in [-0.25, -0.2) is 0 Å². The van der Waals surface area contributed by atoms with Crippen LogP contribution in [-0.4, -0.2) is 43.2 Å². The lowest BCUT2D eigenvalue weighted by Crippen LogP contribution is -2.42. The summed E-state index contributed by atoms with van der Waals surface area (Å²) in [6, 6.07) is -0.0895. The zero-order valence-corrected chi connectivity index (χ0v) is 10.7. The average Bonchev–Trinajstić information content (AvgIpc) is 2.64. The van der Waals surface area contributed by atoms with Gasteiger partial charge >= 0.3 is 5.97 Å². The number of carbonyl (C=O) groups is 1. The maximum atomic E-state index is 11.8. The van der Waals surface area contributed by atoms with E-state index in [9.17, 15) is 4.79 Å². The lowest BCUT2D eigenvalue weighted by molar-refractivity contribution is -0.149. The van der Waals surface area contributed by atoms with Crippen LogP contribution in [0, 0.1) is 5.41 Å². The summed E-state index contributed by atoms with van der Waals surface area (Å²) in [4.78, 5) is 14.0. The number of hydrogen-bond acceptors (Lipinski definition) is 4. The van der Waals surface area contributed by atoms with Crippen LogP contribution in [0.3, 0.4) is 0 Å². The molecule has 4 heteroatoms. The Kier molecular flexibility index (Phi) is 4.74. The highest BCUT2D eigenvalue weighted by atomic mass is 16.5. The van der Waals surface area contributed by atoms with Gasteiger partial charge in [0.1, 0.15) is 6.04 Å². The second kappa shape index (κ2) is 5.64. The van der Waals surface area contributed by atoms with Crippen molar-refractivity contribution >= 4 is 5.97 Å². The highest BCUT2D eigenvalue weighted by Gasteiger charge is 2.37. The van der Waals surface area contributed by atoms with Gasteiger partial charge in [0.05, 0.1) is 6.61 Å². The minimum absolute atomic E-state index is 0.0895. The zero-order valence-electron chi connectivity index (χ0n) is 10.7. The number of hydrogen-bond donors (Lipinski definition) is 1. The number of esters is 1. The molecule has 2 N–H and O–H groups in total. The number of likely N-dealkylation sites (tertiary alicyclic amines) is 1. The molecule has 1 aliphatic heterocycles. The molecule has 0 aliphatic carbocycles. The molecule has 0 bridgehead atoms. The highest BCUT2D eigenvalue weighted by Crippen LogP contribution is 2.30. The molecule has 0 radical (unpaired) electrons. The fraction of sp³-hybridized carbons (Fsp3) is 0.917. The zero-order chi connectivity index (χ0) is 12.2. The molecule has 0 saturated carbocycles. The number of rotatable bonds is 5. The summed E-state index contributed by atoms with van der Waals surface area (Å²) < 4.78 is 5.10. The van der Waals surface area contributed by atoms with E-state index in [0.29, 0.717) is 13.2 Å². The van der Waals surface area contributed by atoms with Gasteiger partial charge in [-0.15, -0.1) is 0 Å². The molecule has 2 unspecified atom stereocenters. The summed E-state index contributed by atoms with van der Waals surface area (Å²) in [6.07, 6.45) is 1.87. The van der Waals surface area contributed by atoms with Crippen molar-refractivity contribution in [3.8, 4) is 0 Å². The molecule has 0 aromatic carbocycles. The Morgan fingerprint density at radius 3 is 2.69 bits per heavy atom. The van der Waals surface area contributed by atoms with E-state index in [1.165, 1.54) is 0 Å². The van der Waals surface area contributed by atoms with Crippen molar-refractivity contribution in [3.05, 3.63) is 0 Å². The van der Waals surface area contributed by atoms with Crippen LogP contribution in [0.2, 0.25) is 0 Å². The summed E-state index contributed by atoms with van der Waals surface area (Å²) in [5, 5.41) is 0. The van der Waals surface area contributed by atoms with Crippen LogP contribution in [0.4, 0.5) is 0 Å². The van der Waals surface area contributed by atoms with Crippen LogP contribution in [-0.2, 0) is 9.53 Å². The fourth-order valence-electron chi connectivity index (χ4n) is 2.31. The highest BCUT2D eigenvalue weighted by molar-refractivity contribution is 5.75. The van der Waals surface area contributed by atoms with Crippen molar-refractivity contribution in [2.45, 2.75) is 39.7 Å². The number of ether oxygens (including phenoxy) is 1. The average molecular weight is 228 g/mol. The molecule has 0 aromatic heterocycles. The van der Waals surface area contributed by atoms with Crippen molar-refractivity contribution in [2.75, 3.05) is 26.2 Å². The van der Waals surface area contributed by atoms with Crippen LogP contribution in [0.5, 0.6) is 0 Å². The van der Waals surface area contributed by atoms with Crippen molar-refractivity contribution in [2.24, 2.45) is 11.1 Å². The maximum Gasteiger partial charge on any atom is 0.323 e. The summed E-state index contributed by atoms with van der Waals surface area (Å²) in [6.45, 7) is 9.05. The van der Waals surface area contributed by atoms with Gasteiger partial charge in [0.25, 0.3) is 0 Å². The Hall–Kier alpha value is -0.610. The van der Waals surface area contributed by atoms with E-state index < -0.39 is 0 Å². The normalized spacial score (nSPS) is 28.0. The van der Waals surface area contributed by atoms with Crippen molar-refractivity contribution in [3.63, 3.8) is 0 Å². The predicted molar refractivity (Wildman–Crippen MR) is 64.1 cm³/mol. The van der Waals surface area contributed by atoms with E-state index in [-0.39, 0.29) is 17.4 Å². The second-order valence-electron chi connectivity index (χ2n) is 4.91. The number of carbonyl (C=O) groups excluding carboxylic acids is 1. The quantitative estimate of drug-likeness (QED) is 0.713. The van der Waals surface area contributed by atoms with E-state index in [0.717, 1.165) is 25.9 Å². The van der Waals surface area contributed by atoms with Crippen LogP contribution in [0.25, 0.3) is 0 Å². The van der Waals surface area contributed by atoms with E-state index in [2.05, 4.69) is 11.8 Å². The third kappa shape index (κ3) is 2.95. The minimum atomic E-state index is -0.0914. The second-order valence-corrected chi connectivity index (χ2v) is 4.91. The Balaban J connectivity index is 2.59. The third-order valence-corrected chi connectivity index (χ3v) is 3.47. The maximum absolute atomic E-state index is 11.8. The smallest absolute Gasteiger partial charge is 0.323 e. The Morgan fingerprint density at radius 1 is 1.56 bits per heavy atom. The van der Waals surface area contributed by atoms with Gasteiger partial charge in [-0.3, -0.25) is 9.69 Å². The molecule has 94 valence electrons.